The lowest BCUT2D eigenvalue weighted by molar-refractivity contribution is 0.338. The maximum absolute atomic E-state index is 9.36. The Hall–Kier alpha value is -3.33. The minimum Gasteiger partial charge on any atom is -0.495 e. The number of aromatic nitrogens is 2. The molecule has 0 saturated heterocycles. The first-order chi connectivity index (χ1) is 15.7. The van der Waals surface area contributed by atoms with E-state index in [0.29, 0.717) is 29.1 Å². The minimum absolute atomic E-state index is 0.513. The molecule has 2 saturated carbocycles. The molecule has 2 fully saturated rings. The van der Waals surface area contributed by atoms with Gasteiger partial charge in [-0.15, -0.1) is 0 Å². The second-order valence-electron chi connectivity index (χ2n) is 8.95. The molecule has 0 unspecified atom stereocenters. The van der Waals surface area contributed by atoms with Crippen LogP contribution in [-0.4, -0.2) is 23.6 Å². The number of nitriles is 1. The van der Waals surface area contributed by atoms with Crippen molar-refractivity contribution < 1.29 is 9.15 Å². The number of rotatable bonds is 7. The van der Waals surface area contributed by atoms with Gasteiger partial charge in [-0.3, -0.25) is 0 Å². The van der Waals surface area contributed by atoms with Crippen LogP contribution in [0.2, 0.25) is 0 Å². The van der Waals surface area contributed by atoms with Crippen LogP contribution < -0.4 is 10.1 Å². The molecule has 2 aliphatic carbocycles. The van der Waals surface area contributed by atoms with Crippen molar-refractivity contribution in [3.63, 3.8) is 0 Å². The molecular weight excluding hydrogens is 400 g/mol. The maximum Gasteiger partial charge on any atom is 0.197 e. The second-order valence-corrected chi connectivity index (χ2v) is 8.95. The van der Waals surface area contributed by atoms with Crippen LogP contribution in [0.5, 0.6) is 5.75 Å². The molecule has 2 aromatic heterocycles. The fourth-order valence-electron chi connectivity index (χ4n) is 4.64. The highest BCUT2D eigenvalue weighted by molar-refractivity contribution is 5.61. The number of nitrogens with one attached hydrogen (secondary N) is 1. The summed E-state index contributed by atoms with van der Waals surface area (Å²) in [5.74, 6) is 4.05. The number of anilines is 1. The van der Waals surface area contributed by atoms with Gasteiger partial charge in [0.25, 0.3) is 0 Å². The van der Waals surface area contributed by atoms with Gasteiger partial charge in [0.1, 0.15) is 29.6 Å². The van der Waals surface area contributed by atoms with Crippen LogP contribution in [0.15, 0.2) is 47.2 Å². The maximum atomic E-state index is 9.36. The van der Waals surface area contributed by atoms with Crippen molar-refractivity contribution >= 4 is 5.82 Å². The molecule has 1 aromatic carbocycles. The third-order valence-corrected chi connectivity index (χ3v) is 6.74. The van der Waals surface area contributed by atoms with Gasteiger partial charge < -0.3 is 14.5 Å². The van der Waals surface area contributed by atoms with Crippen LogP contribution in [-0.2, 0) is 0 Å². The first-order valence-corrected chi connectivity index (χ1v) is 11.5. The van der Waals surface area contributed by atoms with Crippen LogP contribution in [0.4, 0.5) is 5.82 Å². The molecule has 6 nitrogen and oxygen atoms in total. The summed E-state index contributed by atoms with van der Waals surface area (Å²) in [5, 5.41) is 12.9. The largest absolute Gasteiger partial charge is 0.495 e. The van der Waals surface area contributed by atoms with Gasteiger partial charge in [0.15, 0.2) is 5.89 Å². The van der Waals surface area contributed by atoms with Crippen molar-refractivity contribution in [3.8, 4) is 23.1 Å². The Morgan fingerprint density at radius 2 is 1.91 bits per heavy atom. The summed E-state index contributed by atoms with van der Waals surface area (Å²) >= 11 is 0. The van der Waals surface area contributed by atoms with Gasteiger partial charge in [-0.25, -0.2) is 9.97 Å². The van der Waals surface area contributed by atoms with E-state index in [1.165, 1.54) is 31.2 Å². The normalized spacial score (nSPS) is 20.5. The van der Waals surface area contributed by atoms with Crippen LogP contribution in [0, 0.1) is 17.2 Å². The highest BCUT2D eigenvalue weighted by Gasteiger charge is 2.28. The molecule has 2 heterocycles. The molecular formula is C26H28N4O2. The molecule has 5 rings (SSSR count). The minimum atomic E-state index is 0.513. The molecule has 2 aliphatic rings. The highest BCUT2D eigenvalue weighted by atomic mass is 16.5. The summed E-state index contributed by atoms with van der Waals surface area (Å²) in [4.78, 5) is 9.13. The number of methoxy groups -OCH3 is 1. The van der Waals surface area contributed by atoms with E-state index in [2.05, 4.69) is 33.5 Å². The molecule has 0 amide bonds. The summed E-state index contributed by atoms with van der Waals surface area (Å²) in [7, 11) is 1.61. The van der Waals surface area contributed by atoms with Gasteiger partial charge in [0.05, 0.1) is 12.7 Å². The van der Waals surface area contributed by atoms with Gasteiger partial charge in [-0.1, -0.05) is 6.07 Å². The summed E-state index contributed by atoms with van der Waals surface area (Å²) < 4.78 is 10.9. The average Bonchev–Trinajstić information content (AvgIpc) is 3.59. The zero-order valence-electron chi connectivity index (χ0n) is 18.4. The Balaban J connectivity index is 1.15. The first-order valence-electron chi connectivity index (χ1n) is 11.5. The number of pyridine rings is 1. The Bertz CT molecular complexity index is 1120. The van der Waals surface area contributed by atoms with E-state index in [1.807, 2.05) is 24.4 Å². The lowest BCUT2D eigenvalue weighted by Crippen LogP contribution is -2.21. The van der Waals surface area contributed by atoms with Crippen molar-refractivity contribution in [1.29, 1.82) is 5.26 Å². The highest BCUT2D eigenvalue weighted by Crippen LogP contribution is 2.40. The molecule has 32 heavy (non-hydrogen) atoms. The van der Waals surface area contributed by atoms with E-state index < -0.39 is 0 Å². The average molecular weight is 429 g/mol. The van der Waals surface area contributed by atoms with E-state index in [4.69, 9.17) is 9.15 Å². The molecule has 3 aromatic rings. The SMILES string of the molecule is COc1ccc(C2CCC(CNc3cc(-c4coc(C5CC5)n4)ccn3)CC2)cc1C#N. The summed E-state index contributed by atoms with van der Waals surface area (Å²) in [6.45, 7) is 0.918. The first kappa shape index (κ1) is 20.6. The van der Waals surface area contributed by atoms with Gasteiger partial charge in [0.2, 0.25) is 0 Å². The number of oxazole rings is 1. The molecule has 1 N–H and O–H groups in total. The fourth-order valence-corrected chi connectivity index (χ4v) is 4.64. The summed E-state index contributed by atoms with van der Waals surface area (Å²) in [6, 6.07) is 12.3. The van der Waals surface area contributed by atoms with E-state index in [0.717, 1.165) is 42.4 Å². The molecule has 0 spiro atoms. The molecule has 0 radical (unpaired) electrons. The molecule has 0 bridgehead atoms. The van der Waals surface area contributed by atoms with E-state index in [-0.39, 0.29) is 0 Å². The lowest BCUT2D eigenvalue weighted by Gasteiger charge is -2.29. The Kier molecular flexibility index (Phi) is 5.81. The number of hydrogen-bond donors (Lipinski definition) is 1. The summed E-state index contributed by atoms with van der Waals surface area (Å²) in [5.41, 5.74) is 3.79. The topological polar surface area (TPSA) is 84.0 Å². The molecule has 0 aliphatic heterocycles. The predicted molar refractivity (Wildman–Crippen MR) is 123 cm³/mol. The van der Waals surface area contributed by atoms with Crippen molar-refractivity contribution in [2.75, 3.05) is 19.0 Å². The van der Waals surface area contributed by atoms with Crippen LogP contribution >= 0.6 is 0 Å². The van der Waals surface area contributed by atoms with Gasteiger partial charge in [-0.2, -0.15) is 5.26 Å². The van der Waals surface area contributed by atoms with E-state index >= 15 is 0 Å². The van der Waals surface area contributed by atoms with Gasteiger partial charge >= 0.3 is 0 Å². The lowest BCUT2D eigenvalue weighted by atomic mass is 9.78. The molecule has 0 atom stereocenters. The van der Waals surface area contributed by atoms with E-state index in [1.54, 1.807) is 13.4 Å². The fraction of sp³-hybridized carbons (Fsp3) is 0.423. The Morgan fingerprint density at radius 3 is 2.66 bits per heavy atom. The summed E-state index contributed by atoms with van der Waals surface area (Å²) in [6.07, 6.45) is 10.6. The number of hydrogen-bond acceptors (Lipinski definition) is 6. The number of nitrogens with zero attached hydrogens (tertiary/aromatic N) is 3. The van der Waals surface area contributed by atoms with Gasteiger partial charge in [-0.05, 0) is 80.2 Å². The molecule has 6 heteroatoms. The zero-order valence-corrected chi connectivity index (χ0v) is 18.4. The number of benzene rings is 1. The van der Waals surface area contributed by atoms with Gasteiger partial charge in [0, 0.05) is 24.2 Å². The molecule has 164 valence electrons. The third kappa shape index (κ3) is 4.47. The van der Waals surface area contributed by atoms with Crippen LogP contribution in [0.1, 0.15) is 67.4 Å². The second kappa shape index (κ2) is 9.04. The Labute approximate surface area is 188 Å². The standard InChI is InChI=1S/C26H28N4O2/c1-31-24-9-8-20(12-22(24)14-27)18-4-2-17(3-5-18)15-29-25-13-21(10-11-28-25)23-16-32-26(30-23)19-6-7-19/h8-13,16-19H,2-7,15H2,1H3,(H,28,29). The number of ether oxygens (including phenoxy) is 1. The monoisotopic (exact) mass is 428 g/mol. The Morgan fingerprint density at radius 1 is 1.09 bits per heavy atom. The zero-order chi connectivity index (χ0) is 21.9. The predicted octanol–water partition coefficient (Wildman–Crippen LogP) is 5.88. The smallest absolute Gasteiger partial charge is 0.197 e. The van der Waals surface area contributed by atoms with Crippen molar-refractivity contribution in [2.24, 2.45) is 5.92 Å². The van der Waals surface area contributed by atoms with Crippen LogP contribution in [0.25, 0.3) is 11.3 Å². The quantitative estimate of drug-likeness (QED) is 0.506. The van der Waals surface area contributed by atoms with Crippen LogP contribution in [0.3, 0.4) is 0 Å². The van der Waals surface area contributed by atoms with Crippen molar-refractivity contribution in [1.82, 2.24) is 9.97 Å². The van der Waals surface area contributed by atoms with Crippen molar-refractivity contribution in [3.05, 3.63) is 59.8 Å². The third-order valence-electron chi connectivity index (χ3n) is 6.74. The van der Waals surface area contributed by atoms with Crippen molar-refractivity contribution in [2.45, 2.75) is 50.4 Å². The van der Waals surface area contributed by atoms with E-state index in [9.17, 15) is 5.26 Å².